The number of carboxylic acid groups (broad SMARTS) is 1. The van der Waals surface area contributed by atoms with Gasteiger partial charge in [-0.2, -0.15) is 0 Å². The summed E-state index contributed by atoms with van der Waals surface area (Å²) in [6, 6.07) is 0. The Morgan fingerprint density at radius 1 is 0.294 bits per heavy atom. The number of alkyl halides is 51. The van der Waals surface area contributed by atoms with Gasteiger partial charge in [-0.1, -0.05) is 0 Å². The molecule has 0 aliphatic heterocycles. The van der Waals surface area contributed by atoms with Gasteiger partial charge < -0.3 is 0 Å². The van der Waals surface area contributed by atoms with Crippen LogP contribution in [0.2, 0.25) is 0 Å². The molecule has 0 saturated carbocycles. The summed E-state index contributed by atoms with van der Waals surface area (Å²) >= 11 is -16.2. The fraction of sp³-hybridized carbons (Fsp3) is 0.893. The second kappa shape index (κ2) is 19.7. The molecule has 0 fully saturated rings. The number of aliphatic carboxylic acids is 1. The SMILES string of the molecule is O=C(O)Cn1c[c]([Sn]([C](F)(F)C(F)(F)C(F)(F)C(F)(F)C(F)(F)C(F)(F)C(F)(F)C(F)(F)F)([C](F)(F)C(F)(F)C(F)(F)C(F)(F)C(F)(F)C(F)(F)C(F)(F)C(F)(F)F)[C](F)(F)C(F)(F)C(F)(F)C(F)(F)C(F)(F)C(F)(F)C(F)(F)C(F)(F)F)nn1. The summed E-state index contributed by atoms with van der Waals surface area (Å²) in [5.41, 5.74) is 0. The molecule has 504 valence electrons. The third-order valence-electron chi connectivity index (χ3n) is 10.8. The molecule has 0 atom stereocenters. The summed E-state index contributed by atoms with van der Waals surface area (Å²) in [4.78, 5) is 11.0. The molecule has 1 aromatic heterocycles. The molecule has 1 heterocycles. The van der Waals surface area contributed by atoms with Crippen LogP contribution >= 0.6 is 0 Å². The Labute approximate surface area is 427 Å². The number of rotatable bonds is 24. The monoisotopic (exact) mass is 1500 g/mol. The fourth-order valence-corrected chi connectivity index (χ4v) is 19.0. The summed E-state index contributed by atoms with van der Waals surface area (Å²) in [5, 5.41) is 10.2. The molecular formula is C28H4F51N3O2Sn. The van der Waals surface area contributed by atoms with E-state index in [9.17, 15) is 150 Å². The van der Waals surface area contributed by atoms with E-state index in [0.717, 1.165) is 5.21 Å². The molecule has 0 radical (unpaired) electrons. The molecule has 85 heavy (non-hydrogen) atoms. The van der Waals surface area contributed by atoms with Crippen LogP contribution in [0.4, 0.5) is 224 Å². The van der Waals surface area contributed by atoms with Crippen LogP contribution in [-0.4, -0.2) is 181 Å². The van der Waals surface area contributed by atoms with Crippen molar-refractivity contribution in [1.29, 1.82) is 0 Å². The van der Waals surface area contributed by atoms with Crippen molar-refractivity contribution in [2.45, 2.75) is 143 Å². The molecule has 0 bridgehead atoms. The van der Waals surface area contributed by atoms with Gasteiger partial charge in [-0.3, -0.25) is 0 Å². The van der Waals surface area contributed by atoms with Gasteiger partial charge in [0.2, 0.25) is 0 Å². The van der Waals surface area contributed by atoms with Gasteiger partial charge in [0, 0.05) is 0 Å². The van der Waals surface area contributed by atoms with Gasteiger partial charge in [-0.25, -0.2) is 0 Å². The zero-order valence-corrected chi connectivity index (χ0v) is 39.1. The normalized spacial score (nSPS) is 17.0. The first-order valence-electron chi connectivity index (χ1n) is 18.2. The first kappa shape index (κ1) is 78.9. The summed E-state index contributed by atoms with van der Waals surface area (Å²) in [6.45, 7) is -3.38. The Morgan fingerprint density at radius 3 is 0.600 bits per heavy atom. The standard InChI is InChI=1S/3C8F17.C4H4N3O2.Sn/c3*9-1(10)2(11,12)3(13,14)4(15,16)5(17,18)6(19,20)7(21,22)8(23,24)25;8-4(9)3-7-2-1-5-6-7;/h;;;2H,3H2,(H,8,9);. The van der Waals surface area contributed by atoms with E-state index < -0.39 is 182 Å². The number of hydrogen-bond acceptors (Lipinski definition) is 3. The van der Waals surface area contributed by atoms with Crippen LogP contribution in [0.1, 0.15) is 0 Å². The van der Waals surface area contributed by atoms with E-state index in [4.69, 9.17) is 5.11 Å². The topological polar surface area (TPSA) is 68.0 Å². The Bertz CT molecular complexity index is 2370. The Hall–Kier alpha value is -4.16. The van der Waals surface area contributed by atoms with E-state index in [2.05, 4.69) is 0 Å². The molecule has 1 N–H and O–H groups in total. The maximum atomic E-state index is 16.6. The zero-order chi connectivity index (χ0) is 70.1. The average Bonchev–Trinajstić information content (AvgIpc) is 3.70. The predicted octanol–water partition coefficient (Wildman–Crippen LogP) is 14.7. The molecule has 0 aliphatic carbocycles. The van der Waals surface area contributed by atoms with Crippen LogP contribution < -0.4 is 3.71 Å². The second-order valence-electron chi connectivity index (χ2n) is 16.0. The van der Waals surface area contributed by atoms with Crippen LogP contribution in [0.3, 0.4) is 0 Å². The first-order chi connectivity index (χ1) is 35.9. The Kier molecular flexibility index (Phi) is 18.2. The third-order valence-corrected chi connectivity index (χ3v) is 24.4. The molecule has 0 aliphatic rings. The Balaban J connectivity index is 5.67. The predicted molar refractivity (Wildman–Crippen MR) is 155 cm³/mol. The van der Waals surface area contributed by atoms with Crippen molar-refractivity contribution in [2.75, 3.05) is 0 Å². The number of carboxylic acids is 1. The van der Waals surface area contributed by atoms with Crippen LogP contribution in [0.5, 0.6) is 0 Å². The number of halogens is 51. The van der Waals surface area contributed by atoms with Crippen molar-refractivity contribution >= 4 is 28.1 Å². The van der Waals surface area contributed by atoms with E-state index >= 15 is 79.0 Å². The minimum atomic E-state index is -16.2. The summed E-state index contributed by atoms with van der Waals surface area (Å²) in [5.74, 6) is -196. The number of hydrogen-bond donors (Lipinski definition) is 1. The van der Waals surface area contributed by atoms with Crippen molar-refractivity contribution in [2.24, 2.45) is 0 Å². The molecule has 0 unspecified atom stereocenters. The van der Waals surface area contributed by atoms with Gasteiger partial charge in [-0.05, 0) is 0 Å². The number of nitrogens with zero attached hydrogens (tertiary/aromatic N) is 3. The van der Waals surface area contributed by atoms with Gasteiger partial charge in [0.25, 0.3) is 0 Å². The molecule has 0 amide bonds. The summed E-state index contributed by atoms with van der Waals surface area (Å²) < 4.78 is 691. The molecule has 0 spiro atoms. The maximum absolute atomic E-state index is 16.6. The van der Waals surface area contributed by atoms with Gasteiger partial charge in [-0.15, -0.1) is 0 Å². The van der Waals surface area contributed by atoms with Gasteiger partial charge in [0.15, 0.2) is 0 Å². The summed E-state index contributed by atoms with van der Waals surface area (Å²) in [6.07, 6.45) is -29.9. The fourth-order valence-electron chi connectivity index (χ4n) is 5.96. The average molecular weight is 1500 g/mol. The molecule has 1 rings (SSSR count). The van der Waals surface area contributed by atoms with Crippen molar-refractivity contribution in [3.63, 3.8) is 0 Å². The van der Waals surface area contributed by atoms with E-state index in [-0.39, 0.29) is 0 Å². The van der Waals surface area contributed by atoms with E-state index in [1.54, 1.807) is 0 Å². The molecule has 1 aromatic rings. The third kappa shape index (κ3) is 9.08. The van der Waals surface area contributed by atoms with Gasteiger partial charge in [0.1, 0.15) is 0 Å². The van der Waals surface area contributed by atoms with Crippen molar-refractivity contribution in [3.8, 4) is 0 Å². The van der Waals surface area contributed by atoms with Crippen molar-refractivity contribution in [3.05, 3.63) is 6.20 Å². The summed E-state index contributed by atoms with van der Waals surface area (Å²) in [7, 11) is 0. The molecular weight excluding hydrogens is 1500 g/mol. The molecule has 57 heteroatoms. The Morgan fingerprint density at radius 2 is 0.447 bits per heavy atom. The van der Waals surface area contributed by atoms with Crippen molar-refractivity contribution in [1.82, 2.24) is 15.0 Å². The number of aromatic nitrogens is 3. The molecule has 0 saturated heterocycles. The molecule has 0 aromatic carbocycles. The van der Waals surface area contributed by atoms with Crippen LogP contribution in [-0.2, 0) is 11.3 Å². The van der Waals surface area contributed by atoms with E-state index in [1.165, 1.54) is 0 Å². The van der Waals surface area contributed by atoms with Gasteiger partial charge in [0.05, 0.1) is 0 Å². The van der Waals surface area contributed by atoms with Crippen LogP contribution in [0.15, 0.2) is 6.20 Å². The van der Waals surface area contributed by atoms with Crippen LogP contribution in [0.25, 0.3) is 0 Å². The van der Waals surface area contributed by atoms with Crippen molar-refractivity contribution < 1.29 is 234 Å². The first-order valence-corrected chi connectivity index (χ1v) is 23.9. The molecule has 5 nitrogen and oxygen atoms in total. The quantitative estimate of drug-likeness (QED) is 0.0827. The minimum absolute atomic E-state index is 0.485. The second-order valence-corrected chi connectivity index (χ2v) is 27.1. The van der Waals surface area contributed by atoms with Crippen LogP contribution in [0, 0.1) is 0 Å². The van der Waals surface area contributed by atoms with E-state index in [1.807, 2.05) is 0 Å². The zero-order valence-electron chi connectivity index (χ0n) is 36.3. The van der Waals surface area contributed by atoms with E-state index in [0.29, 0.717) is 5.10 Å². The number of carbonyl (C=O) groups is 1. The van der Waals surface area contributed by atoms with Gasteiger partial charge >= 0.3 is 427 Å².